The number of hydrogen-bond acceptors (Lipinski definition) is 2. The summed E-state index contributed by atoms with van der Waals surface area (Å²) in [6.45, 7) is 24.0. The minimum absolute atomic E-state index is 0.00244. The van der Waals surface area contributed by atoms with Gasteiger partial charge in [-0.1, -0.05) is 74.5 Å². The molecule has 0 aromatic heterocycles. The van der Waals surface area contributed by atoms with E-state index in [1.807, 2.05) is 0 Å². The first-order valence-corrected chi connectivity index (χ1v) is 10.8. The maximum absolute atomic E-state index is 13.0. The molecule has 0 spiro atoms. The van der Waals surface area contributed by atoms with Crippen molar-refractivity contribution < 1.29 is 9.59 Å². The van der Waals surface area contributed by atoms with Gasteiger partial charge in [0.05, 0.1) is 0 Å². The van der Waals surface area contributed by atoms with Crippen LogP contribution in [0.15, 0.2) is 35.8 Å². The van der Waals surface area contributed by atoms with Gasteiger partial charge >= 0.3 is 0 Å². The monoisotopic (exact) mass is 386 g/mol. The van der Waals surface area contributed by atoms with E-state index < -0.39 is 0 Å². The van der Waals surface area contributed by atoms with Crippen LogP contribution in [0.5, 0.6) is 0 Å². The van der Waals surface area contributed by atoms with Crippen molar-refractivity contribution in [3.8, 4) is 0 Å². The van der Waals surface area contributed by atoms with Crippen LogP contribution < -0.4 is 0 Å². The van der Waals surface area contributed by atoms with E-state index >= 15 is 0 Å². The fourth-order valence-corrected chi connectivity index (χ4v) is 4.28. The molecule has 4 atom stereocenters. The van der Waals surface area contributed by atoms with Crippen LogP contribution >= 0.6 is 0 Å². The first kappa shape index (κ1) is 26.4. The predicted molar refractivity (Wildman–Crippen MR) is 120 cm³/mol. The van der Waals surface area contributed by atoms with E-state index in [-0.39, 0.29) is 34.9 Å². The van der Waals surface area contributed by atoms with E-state index in [1.54, 1.807) is 6.92 Å². The number of hydrogen-bond donors (Lipinski definition) is 0. The molecule has 0 saturated carbocycles. The zero-order valence-corrected chi connectivity index (χ0v) is 19.6. The van der Waals surface area contributed by atoms with Gasteiger partial charge < -0.3 is 0 Å². The summed E-state index contributed by atoms with van der Waals surface area (Å²) in [4.78, 5) is 25.9. The van der Waals surface area contributed by atoms with Gasteiger partial charge in [0.15, 0.2) is 5.78 Å². The molecule has 0 aromatic carbocycles. The summed E-state index contributed by atoms with van der Waals surface area (Å²) in [6.07, 6.45) is 4.17. The fourth-order valence-electron chi connectivity index (χ4n) is 4.28. The number of ketones is 2. The standard InChI is InChI=1S/C26H42O2/c1-11-15-16-22(25(28)18(5)12-2)20(7)21(13-3)19(6)17-24(27)23(14-4)26(8,9)10/h19-20,22-23H,2-3,11,14-17H2,1,4-10H3. The molecule has 158 valence electrons. The van der Waals surface area contributed by atoms with E-state index in [2.05, 4.69) is 73.1 Å². The quantitative estimate of drug-likeness (QED) is 0.264. The predicted octanol–water partition coefficient (Wildman–Crippen LogP) is 7.11. The van der Waals surface area contributed by atoms with Gasteiger partial charge in [0.2, 0.25) is 0 Å². The number of carbonyl (C=O) groups excluding carboxylic acids is 2. The van der Waals surface area contributed by atoms with Crippen molar-refractivity contribution in [3.63, 3.8) is 0 Å². The Morgan fingerprint density at radius 1 is 1.04 bits per heavy atom. The Kier molecular flexibility index (Phi) is 11.4. The van der Waals surface area contributed by atoms with Crippen LogP contribution in [-0.4, -0.2) is 11.6 Å². The summed E-state index contributed by atoms with van der Waals surface area (Å²) in [5, 5.41) is 0. The molecule has 0 aromatic rings. The average Bonchev–Trinajstić information content (AvgIpc) is 2.60. The molecule has 0 rings (SSSR count). The van der Waals surface area contributed by atoms with Crippen molar-refractivity contribution in [2.75, 3.05) is 0 Å². The van der Waals surface area contributed by atoms with E-state index in [1.165, 1.54) is 0 Å². The number of rotatable bonds is 12. The Balaban J connectivity index is 5.59. The third kappa shape index (κ3) is 7.42. The molecule has 0 saturated heterocycles. The van der Waals surface area contributed by atoms with Gasteiger partial charge in [0.25, 0.3) is 0 Å². The lowest BCUT2D eigenvalue weighted by Crippen LogP contribution is -2.31. The van der Waals surface area contributed by atoms with Crippen molar-refractivity contribution in [1.29, 1.82) is 0 Å². The molecule has 0 bridgehead atoms. The minimum Gasteiger partial charge on any atom is -0.299 e. The first-order chi connectivity index (χ1) is 13.0. The zero-order chi connectivity index (χ0) is 22.1. The van der Waals surface area contributed by atoms with Crippen LogP contribution in [0.3, 0.4) is 0 Å². The summed E-state index contributed by atoms with van der Waals surface area (Å²) in [6, 6.07) is 0. The molecule has 0 radical (unpaired) electrons. The van der Waals surface area contributed by atoms with E-state index in [0.717, 1.165) is 31.3 Å². The summed E-state index contributed by atoms with van der Waals surface area (Å²) in [7, 11) is 0. The van der Waals surface area contributed by atoms with E-state index in [9.17, 15) is 9.59 Å². The highest BCUT2D eigenvalue weighted by Crippen LogP contribution is 2.36. The summed E-state index contributed by atoms with van der Waals surface area (Å²) >= 11 is 0. The normalized spacial score (nSPS) is 15.6. The van der Waals surface area contributed by atoms with Crippen LogP contribution in [0.25, 0.3) is 0 Å². The average molecular weight is 387 g/mol. The first-order valence-electron chi connectivity index (χ1n) is 10.8. The van der Waals surface area contributed by atoms with E-state index in [0.29, 0.717) is 17.8 Å². The van der Waals surface area contributed by atoms with Crippen molar-refractivity contribution in [2.45, 2.75) is 87.5 Å². The number of Topliss-reactive ketones (excluding diaryl/α,β-unsaturated/α-hetero) is 2. The van der Waals surface area contributed by atoms with Crippen LogP contribution in [0.2, 0.25) is 0 Å². The minimum atomic E-state index is -0.138. The lowest BCUT2D eigenvalue weighted by molar-refractivity contribution is -0.126. The highest BCUT2D eigenvalue weighted by atomic mass is 16.1. The molecule has 0 heterocycles. The summed E-state index contributed by atoms with van der Waals surface area (Å²) < 4.78 is 0. The van der Waals surface area contributed by atoms with Gasteiger partial charge in [0.1, 0.15) is 5.78 Å². The molecule has 0 aliphatic rings. The van der Waals surface area contributed by atoms with E-state index in [4.69, 9.17) is 0 Å². The maximum Gasteiger partial charge on any atom is 0.169 e. The van der Waals surface area contributed by atoms with Gasteiger partial charge in [-0.15, -0.1) is 11.5 Å². The van der Waals surface area contributed by atoms with Gasteiger partial charge in [-0.3, -0.25) is 9.59 Å². The largest absolute Gasteiger partial charge is 0.299 e. The Hall–Kier alpha value is -1.62. The Labute approximate surface area is 173 Å². The topological polar surface area (TPSA) is 34.1 Å². The lowest BCUT2D eigenvalue weighted by Gasteiger charge is -2.31. The summed E-state index contributed by atoms with van der Waals surface area (Å²) in [5.74, 6) is 0.323. The fraction of sp³-hybridized carbons (Fsp3) is 0.692. The van der Waals surface area contributed by atoms with Crippen LogP contribution in [0.1, 0.15) is 87.5 Å². The SMILES string of the molecule is C=C=C(C)C(=O)C(CCCC)C(C)C(=C=C)C(C)CC(=O)C(CC)C(C)(C)C. The molecule has 0 aliphatic carbocycles. The number of carbonyl (C=O) groups is 2. The molecule has 28 heavy (non-hydrogen) atoms. The lowest BCUT2D eigenvalue weighted by atomic mass is 9.72. The van der Waals surface area contributed by atoms with Crippen LogP contribution in [0, 0.1) is 29.1 Å². The molecule has 0 N–H and O–H groups in total. The van der Waals surface area contributed by atoms with Gasteiger partial charge in [-0.2, -0.15) is 0 Å². The third-order valence-electron chi connectivity index (χ3n) is 6.02. The van der Waals surface area contributed by atoms with Crippen LogP contribution in [0.4, 0.5) is 0 Å². The summed E-state index contributed by atoms with van der Waals surface area (Å²) in [5.41, 5.74) is 7.37. The van der Waals surface area contributed by atoms with Crippen molar-refractivity contribution >= 4 is 11.6 Å². The smallest absolute Gasteiger partial charge is 0.169 e. The third-order valence-corrected chi connectivity index (χ3v) is 6.02. The Morgan fingerprint density at radius 2 is 1.61 bits per heavy atom. The highest BCUT2D eigenvalue weighted by Gasteiger charge is 2.33. The Bertz CT molecular complexity index is 634. The molecular formula is C26H42O2. The van der Waals surface area contributed by atoms with Crippen molar-refractivity contribution in [1.82, 2.24) is 0 Å². The number of allylic oxidation sites excluding steroid dienone is 2. The maximum atomic E-state index is 13.0. The highest BCUT2D eigenvalue weighted by molar-refractivity contribution is 5.96. The molecular weight excluding hydrogens is 344 g/mol. The van der Waals surface area contributed by atoms with Crippen LogP contribution in [-0.2, 0) is 9.59 Å². The number of unbranched alkanes of at least 4 members (excludes halogenated alkanes) is 1. The van der Waals surface area contributed by atoms with Gasteiger partial charge in [0, 0.05) is 23.8 Å². The van der Waals surface area contributed by atoms with Crippen molar-refractivity contribution in [3.05, 3.63) is 35.8 Å². The molecule has 4 unspecified atom stereocenters. The second kappa shape index (κ2) is 12.1. The van der Waals surface area contributed by atoms with Gasteiger partial charge in [-0.05, 0) is 42.6 Å². The molecule has 0 amide bonds. The molecule has 0 fully saturated rings. The Morgan fingerprint density at radius 3 is 2.00 bits per heavy atom. The molecule has 2 heteroatoms. The molecule has 2 nitrogen and oxygen atoms in total. The second-order valence-corrected chi connectivity index (χ2v) is 9.23. The van der Waals surface area contributed by atoms with Gasteiger partial charge in [-0.25, -0.2) is 0 Å². The molecule has 0 aliphatic heterocycles. The second-order valence-electron chi connectivity index (χ2n) is 9.23. The van der Waals surface area contributed by atoms with Crippen molar-refractivity contribution in [2.24, 2.45) is 29.1 Å². The zero-order valence-electron chi connectivity index (χ0n) is 19.6.